The molecule has 7 heteroatoms. The van der Waals surface area contributed by atoms with Crippen LogP contribution in [0.4, 0.5) is 8.78 Å². The number of hydrogen-bond acceptors (Lipinski definition) is 3. The summed E-state index contributed by atoms with van der Waals surface area (Å²) in [4.78, 5) is -0.934. The van der Waals surface area contributed by atoms with E-state index < -0.39 is 25.6 Å². The predicted octanol–water partition coefficient (Wildman–Crippen LogP) is 1.90. The van der Waals surface area contributed by atoms with Gasteiger partial charge in [-0.1, -0.05) is 0 Å². The maximum Gasteiger partial charge on any atom is 0.264 e. The van der Waals surface area contributed by atoms with Crippen LogP contribution in [-0.4, -0.2) is 15.5 Å². The summed E-state index contributed by atoms with van der Waals surface area (Å²) in [6.07, 6.45) is 0. The minimum Gasteiger partial charge on any atom is -0.497 e. The zero-order chi connectivity index (χ0) is 10.9. The maximum absolute atomic E-state index is 12.9. The lowest BCUT2D eigenvalue weighted by Gasteiger charge is -2.03. The molecule has 0 amide bonds. The monoisotopic (exact) mass is 242 g/mol. The number of rotatable bonds is 2. The Morgan fingerprint density at radius 3 is 2.36 bits per heavy atom. The van der Waals surface area contributed by atoms with E-state index in [1.165, 1.54) is 7.11 Å². The zero-order valence-electron chi connectivity index (χ0n) is 6.92. The lowest BCUT2D eigenvalue weighted by atomic mass is 10.3. The second-order valence-corrected chi connectivity index (χ2v) is 4.89. The van der Waals surface area contributed by atoms with Crippen molar-refractivity contribution in [2.75, 3.05) is 7.11 Å². The van der Waals surface area contributed by atoms with Crippen LogP contribution in [0.3, 0.4) is 0 Å². The Morgan fingerprint density at radius 1 is 1.36 bits per heavy atom. The Balaban J connectivity index is 3.51. The van der Waals surface area contributed by atoms with Crippen molar-refractivity contribution < 1.29 is 21.9 Å². The van der Waals surface area contributed by atoms with Crippen LogP contribution in [0.15, 0.2) is 17.0 Å². The molecule has 1 aromatic rings. The second-order valence-electron chi connectivity index (χ2n) is 2.36. The normalized spacial score (nSPS) is 11.4. The van der Waals surface area contributed by atoms with Gasteiger partial charge in [0.05, 0.1) is 7.11 Å². The second kappa shape index (κ2) is 3.70. The van der Waals surface area contributed by atoms with Gasteiger partial charge in [-0.3, -0.25) is 0 Å². The molecule has 14 heavy (non-hydrogen) atoms. The largest absolute Gasteiger partial charge is 0.497 e. The molecule has 0 aromatic heterocycles. The van der Waals surface area contributed by atoms with Crippen LogP contribution in [0.5, 0.6) is 5.75 Å². The van der Waals surface area contributed by atoms with Gasteiger partial charge in [-0.05, 0) is 0 Å². The summed E-state index contributed by atoms with van der Waals surface area (Å²) < 4.78 is 51.8. The third-order valence-corrected chi connectivity index (χ3v) is 2.79. The van der Waals surface area contributed by atoms with Crippen LogP contribution in [0.2, 0.25) is 0 Å². The SMILES string of the molecule is COc1cc(F)c(F)c(S(=O)(=O)Cl)c1. The summed E-state index contributed by atoms with van der Waals surface area (Å²) in [5, 5.41) is 0. The third-order valence-electron chi connectivity index (χ3n) is 1.47. The van der Waals surface area contributed by atoms with Gasteiger partial charge in [0.2, 0.25) is 0 Å². The van der Waals surface area contributed by atoms with E-state index in [1.54, 1.807) is 0 Å². The molecule has 0 heterocycles. The lowest BCUT2D eigenvalue weighted by Crippen LogP contribution is -1.99. The van der Waals surface area contributed by atoms with Gasteiger partial charge < -0.3 is 4.74 Å². The molecule has 0 saturated carbocycles. The standard InChI is InChI=1S/C7H5ClF2O3S/c1-13-4-2-5(9)7(10)6(3-4)14(8,11)12/h2-3H,1H3. The molecule has 0 aliphatic heterocycles. The summed E-state index contributed by atoms with van der Waals surface area (Å²) >= 11 is 0. The molecule has 0 atom stereocenters. The minimum atomic E-state index is -4.31. The number of ether oxygens (including phenoxy) is 1. The van der Waals surface area contributed by atoms with E-state index in [0.717, 1.165) is 12.1 Å². The number of hydrogen-bond donors (Lipinski definition) is 0. The van der Waals surface area contributed by atoms with E-state index in [9.17, 15) is 17.2 Å². The van der Waals surface area contributed by atoms with Gasteiger partial charge in [0.25, 0.3) is 9.05 Å². The Morgan fingerprint density at radius 2 is 1.93 bits per heavy atom. The fraction of sp³-hybridized carbons (Fsp3) is 0.143. The number of halogens is 3. The number of methoxy groups -OCH3 is 1. The molecule has 0 aliphatic rings. The van der Waals surface area contributed by atoms with Gasteiger partial charge in [-0.2, -0.15) is 0 Å². The first kappa shape index (κ1) is 11.2. The number of benzene rings is 1. The van der Waals surface area contributed by atoms with E-state index in [0.29, 0.717) is 0 Å². The van der Waals surface area contributed by atoms with Crippen molar-refractivity contribution in [2.24, 2.45) is 0 Å². The van der Waals surface area contributed by atoms with Crippen molar-refractivity contribution >= 4 is 19.7 Å². The molecule has 0 spiro atoms. The van der Waals surface area contributed by atoms with Crippen molar-refractivity contribution in [3.63, 3.8) is 0 Å². The Kier molecular flexibility index (Phi) is 2.96. The summed E-state index contributed by atoms with van der Waals surface area (Å²) in [6, 6.07) is 1.53. The molecule has 0 fully saturated rings. The van der Waals surface area contributed by atoms with E-state index in [1.807, 2.05) is 0 Å². The van der Waals surface area contributed by atoms with Crippen molar-refractivity contribution in [2.45, 2.75) is 4.90 Å². The highest BCUT2D eigenvalue weighted by Crippen LogP contribution is 2.26. The average molecular weight is 243 g/mol. The Hall–Kier alpha value is -0.880. The van der Waals surface area contributed by atoms with Crippen molar-refractivity contribution in [1.29, 1.82) is 0 Å². The minimum absolute atomic E-state index is 0.122. The fourth-order valence-electron chi connectivity index (χ4n) is 0.835. The highest BCUT2D eigenvalue weighted by molar-refractivity contribution is 8.13. The summed E-state index contributed by atoms with van der Waals surface area (Å²) in [5.41, 5.74) is 0. The first-order chi connectivity index (χ1) is 6.36. The topological polar surface area (TPSA) is 43.4 Å². The predicted molar refractivity (Wildman–Crippen MR) is 45.9 cm³/mol. The molecule has 3 nitrogen and oxygen atoms in total. The van der Waals surface area contributed by atoms with Gasteiger partial charge in [0.15, 0.2) is 11.6 Å². The molecule has 0 radical (unpaired) electrons. The maximum atomic E-state index is 12.9. The van der Waals surface area contributed by atoms with Gasteiger partial charge in [-0.25, -0.2) is 17.2 Å². The van der Waals surface area contributed by atoms with Crippen LogP contribution in [-0.2, 0) is 9.05 Å². The highest BCUT2D eigenvalue weighted by Gasteiger charge is 2.21. The molecule has 0 aliphatic carbocycles. The molecule has 1 aromatic carbocycles. The Bertz CT molecular complexity index is 458. The van der Waals surface area contributed by atoms with Crippen molar-refractivity contribution in [3.05, 3.63) is 23.8 Å². The molecule has 0 unspecified atom stereocenters. The van der Waals surface area contributed by atoms with Crippen LogP contribution in [0, 0.1) is 11.6 Å². The van der Waals surface area contributed by atoms with Gasteiger partial charge in [-0.15, -0.1) is 0 Å². The van der Waals surface area contributed by atoms with Gasteiger partial charge >= 0.3 is 0 Å². The molecular weight excluding hydrogens is 238 g/mol. The smallest absolute Gasteiger partial charge is 0.264 e. The van der Waals surface area contributed by atoms with Crippen LogP contribution in [0.25, 0.3) is 0 Å². The van der Waals surface area contributed by atoms with Crippen molar-refractivity contribution in [3.8, 4) is 5.75 Å². The third kappa shape index (κ3) is 2.13. The summed E-state index contributed by atoms with van der Waals surface area (Å²) in [6.45, 7) is 0. The Labute approximate surface area is 83.7 Å². The fourth-order valence-corrected chi connectivity index (χ4v) is 1.74. The van der Waals surface area contributed by atoms with E-state index in [2.05, 4.69) is 4.74 Å². The molecule has 0 bridgehead atoms. The van der Waals surface area contributed by atoms with Crippen molar-refractivity contribution in [1.82, 2.24) is 0 Å². The van der Waals surface area contributed by atoms with E-state index in [4.69, 9.17) is 10.7 Å². The first-order valence-electron chi connectivity index (χ1n) is 3.34. The van der Waals surface area contributed by atoms with Crippen LogP contribution in [0.1, 0.15) is 0 Å². The van der Waals surface area contributed by atoms with E-state index >= 15 is 0 Å². The van der Waals surface area contributed by atoms with Gasteiger partial charge in [0.1, 0.15) is 10.6 Å². The molecule has 78 valence electrons. The molecule has 0 N–H and O–H groups in total. The molecule has 1 rings (SSSR count). The molecule has 0 saturated heterocycles. The van der Waals surface area contributed by atoms with Crippen LogP contribution >= 0.6 is 10.7 Å². The molecular formula is C7H5ClF2O3S. The van der Waals surface area contributed by atoms with Gasteiger partial charge in [0, 0.05) is 22.8 Å². The van der Waals surface area contributed by atoms with Crippen LogP contribution < -0.4 is 4.74 Å². The first-order valence-corrected chi connectivity index (χ1v) is 5.65. The average Bonchev–Trinajstić information content (AvgIpc) is 2.07. The highest BCUT2D eigenvalue weighted by atomic mass is 35.7. The zero-order valence-corrected chi connectivity index (χ0v) is 8.49. The quantitative estimate of drug-likeness (QED) is 0.744. The van der Waals surface area contributed by atoms with E-state index in [-0.39, 0.29) is 5.75 Å². The lowest BCUT2D eigenvalue weighted by molar-refractivity contribution is 0.401. The summed E-state index contributed by atoms with van der Waals surface area (Å²) in [5.74, 6) is -2.97. The summed E-state index contributed by atoms with van der Waals surface area (Å²) in [7, 11) is 1.76.